The third-order valence-corrected chi connectivity index (χ3v) is 3.20. The largest absolute Gasteiger partial charge is 0.399 e. The van der Waals surface area contributed by atoms with Gasteiger partial charge in [-0.3, -0.25) is 0 Å². The molecular weight excluding hydrogens is 230 g/mol. The molecule has 1 heterocycles. The quantitative estimate of drug-likeness (QED) is 0.513. The summed E-state index contributed by atoms with van der Waals surface area (Å²) in [6.45, 7) is 3.97. The number of hydrogen-bond acceptors (Lipinski definition) is 4. The van der Waals surface area contributed by atoms with E-state index in [4.69, 9.17) is 5.73 Å². The highest BCUT2D eigenvalue weighted by Crippen LogP contribution is 2.20. The average molecular weight is 245 g/mol. The van der Waals surface area contributed by atoms with Gasteiger partial charge in [0, 0.05) is 22.8 Å². The minimum Gasteiger partial charge on any atom is -0.399 e. The normalized spacial score (nSPS) is 10.5. The van der Waals surface area contributed by atoms with Crippen molar-refractivity contribution in [2.75, 3.05) is 5.73 Å². The van der Waals surface area contributed by atoms with Gasteiger partial charge in [0.15, 0.2) is 5.16 Å². The van der Waals surface area contributed by atoms with Gasteiger partial charge in [-0.25, -0.2) is 9.97 Å². The summed E-state index contributed by atoms with van der Waals surface area (Å²) in [4.78, 5) is 8.78. The molecule has 0 bridgehead atoms. The van der Waals surface area contributed by atoms with Crippen LogP contribution in [-0.4, -0.2) is 9.97 Å². The minimum atomic E-state index is 0.796. The Morgan fingerprint density at radius 1 is 1.12 bits per heavy atom. The van der Waals surface area contributed by atoms with Crippen molar-refractivity contribution in [2.24, 2.45) is 0 Å². The maximum absolute atomic E-state index is 5.74. The molecule has 0 saturated heterocycles. The Kier molecular flexibility index (Phi) is 3.64. The van der Waals surface area contributed by atoms with Crippen LogP contribution in [0.2, 0.25) is 0 Å². The number of aryl methyl sites for hydroxylation is 2. The lowest BCUT2D eigenvalue weighted by Gasteiger charge is -2.03. The van der Waals surface area contributed by atoms with E-state index in [2.05, 4.69) is 16.0 Å². The van der Waals surface area contributed by atoms with Gasteiger partial charge in [0.1, 0.15) is 0 Å². The van der Waals surface area contributed by atoms with Gasteiger partial charge in [0.2, 0.25) is 0 Å². The number of anilines is 1. The van der Waals surface area contributed by atoms with Gasteiger partial charge in [-0.15, -0.1) is 0 Å². The van der Waals surface area contributed by atoms with Crippen LogP contribution < -0.4 is 5.73 Å². The van der Waals surface area contributed by atoms with Gasteiger partial charge in [0.25, 0.3) is 0 Å². The number of benzene rings is 1. The molecule has 0 aliphatic carbocycles. The molecule has 0 saturated carbocycles. The van der Waals surface area contributed by atoms with Crippen LogP contribution in [-0.2, 0) is 5.75 Å². The lowest BCUT2D eigenvalue weighted by atomic mass is 10.2. The molecule has 4 heteroatoms. The summed E-state index contributed by atoms with van der Waals surface area (Å²) in [5, 5.41) is 0.824. The second kappa shape index (κ2) is 5.19. The van der Waals surface area contributed by atoms with Crippen molar-refractivity contribution in [1.82, 2.24) is 9.97 Å². The van der Waals surface area contributed by atoms with Crippen molar-refractivity contribution in [1.29, 1.82) is 0 Å². The second-order valence-electron chi connectivity index (χ2n) is 3.97. The fourth-order valence-corrected chi connectivity index (χ4v) is 2.48. The number of thioether (sulfide) groups is 1. The molecule has 0 fully saturated rings. The fraction of sp³-hybridized carbons (Fsp3) is 0.231. The first-order chi connectivity index (χ1) is 8.13. The molecule has 2 rings (SSSR count). The van der Waals surface area contributed by atoms with Crippen molar-refractivity contribution in [3.63, 3.8) is 0 Å². The molecule has 2 aromatic rings. The van der Waals surface area contributed by atoms with Gasteiger partial charge in [0.05, 0.1) is 0 Å². The van der Waals surface area contributed by atoms with Crippen LogP contribution in [0.25, 0.3) is 0 Å². The molecule has 0 aliphatic heterocycles. The van der Waals surface area contributed by atoms with E-state index in [0.717, 1.165) is 28.0 Å². The zero-order valence-corrected chi connectivity index (χ0v) is 10.8. The molecule has 0 radical (unpaired) electrons. The molecule has 88 valence electrons. The Morgan fingerprint density at radius 2 is 1.82 bits per heavy atom. The zero-order valence-electron chi connectivity index (χ0n) is 9.97. The molecule has 1 aromatic heterocycles. The summed E-state index contributed by atoms with van der Waals surface area (Å²) in [7, 11) is 0. The highest BCUT2D eigenvalue weighted by molar-refractivity contribution is 7.98. The van der Waals surface area contributed by atoms with E-state index in [1.54, 1.807) is 11.8 Å². The van der Waals surface area contributed by atoms with E-state index >= 15 is 0 Å². The topological polar surface area (TPSA) is 51.8 Å². The second-order valence-corrected chi connectivity index (χ2v) is 4.91. The number of hydrogen-bond donors (Lipinski definition) is 1. The number of nitrogen functional groups attached to an aromatic ring is 1. The van der Waals surface area contributed by atoms with E-state index in [1.165, 1.54) is 5.56 Å². The SMILES string of the molecule is Cc1cc(C)nc(SCc2cccc(N)c2)n1. The van der Waals surface area contributed by atoms with Crippen molar-refractivity contribution < 1.29 is 0 Å². The smallest absolute Gasteiger partial charge is 0.188 e. The average Bonchev–Trinajstić information content (AvgIpc) is 2.25. The highest BCUT2D eigenvalue weighted by atomic mass is 32.2. The van der Waals surface area contributed by atoms with Crippen LogP contribution in [0.15, 0.2) is 35.5 Å². The number of aromatic nitrogens is 2. The molecule has 0 atom stereocenters. The summed E-state index contributed by atoms with van der Waals surface area (Å²) < 4.78 is 0. The Bertz CT molecular complexity index is 506. The van der Waals surface area contributed by atoms with Crippen LogP contribution in [0.3, 0.4) is 0 Å². The van der Waals surface area contributed by atoms with E-state index < -0.39 is 0 Å². The third kappa shape index (κ3) is 3.46. The highest BCUT2D eigenvalue weighted by Gasteiger charge is 2.01. The summed E-state index contributed by atoms with van der Waals surface area (Å²) in [6.07, 6.45) is 0. The molecule has 3 nitrogen and oxygen atoms in total. The van der Waals surface area contributed by atoms with E-state index in [9.17, 15) is 0 Å². The molecule has 0 unspecified atom stereocenters. The lowest BCUT2D eigenvalue weighted by molar-refractivity contribution is 0.902. The standard InChI is InChI=1S/C13H15N3S/c1-9-6-10(2)16-13(15-9)17-8-11-4-3-5-12(14)7-11/h3-7H,8,14H2,1-2H3. The number of nitrogens with two attached hydrogens (primary N) is 1. The lowest BCUT2D eigenvalue weighted by Crippen LogP contribution is -1.93. The van der Waals surface area contributed by atoms with Crippen LogP contribution in [0, 0.1) is 13.8 Å². The summed E-state index contributed by atoms with van der Waals surface area (Å²) in [6, 6.07) is 9.88. The van der Waals surface area contributed by atoms with Crippen LogP contribution in [0.4, 0.5) is 5.69 Å². The maximum atomic E-state index is 5.74. The molecule has 1 aromatic carbocycles. The minimum absolute atomic E-state index is 0.796. The van der Waals surface area contributed by atoms with Gasteiger partial charge in [-0.2, -0.15) is 0 Å². The predicted octanol–water partition coefficient (Wildman–Crippen LogP) is 2.97. The monoisotopic (exact) mass is 245 g/mol. The van der Waals surface area contributed by atoms with E-state index in [0.29, 0.717) is 0 Å². The van der Waals surface area contributed by atoms with E-state index in [-0.39, 0.29) is 0 Å². The van der Waals surface area contributed by atoms with E-state index in [1.807, 2.05) is 38.1 Å². The predicted molar refractivity (Wildman–Crippen MR) is 71.9 cm³/mol. The molecule has 0 aliphatic rings. The van der Waals surface area contributed by atoms with Crippen molar-refractivity contribution in [2.45, 2.75) is 24.8 Å². The Balaban J connectivity index is 2.07. The molecular formula is C13H15N3S. The van der Waals surface area contributed by atoms with Crippen LogP contribution in [0.1, 0.15) is 17.0 Å². The van der Waals surface area contributed by atoms with Crippen LogP contribution >= 0.6 is 11.8 Å². The summed E-state index contributed by atoms with van der Waals surface area (Å²) >= 11 is 1.63. The van der Waals surface area contributed by atoms with Gasteiger partial charge in [-0.1, -0.05) is 23.9 Å². The Labute approximate surface area is 105 Å². The van der Waals surface area contributed by atoms with Crippen LogP contribution in [0.5, 0.6) is 0 Å². The number of nitrogens with zero attached hydrogens (tertiary/aromatic N) is 2. The first-order valence-electron chi connectivity index (χ1n) is 5.43. The van der Waals surface area contributed by atoms with Crippen molar-refractivity contribution in [3.8, 4) is 0 Å². The maximum Gasteiger partial charge on any atom is 0.188 e. The first kappa shape index (κ1) is 11.9. The molecule has 17 heavy (non-hydrogen) atoms. The Morgan fingerprint density at radius 3 is 2.47 bits per heavy atom. The first-order valence-corrected chi connectivity index (χ1v) is 6.41. The Hall–Kier alpha value is -1.55. The van der Waals surface area contributed by atoms with Crippen molar-refractivity contribution in [3.05, 3.63) is 47.3 Å². The van der Waals surface area contributed by atoms with Gasteiger partial charge >= 0.3 is 0 Å². The molecule has 0 spiro atoms. The zero-order chi connectivity index (χ0) is 12.3. The fourth-order valence-electron chi connectivity index (χ4n) is 1.59. The van der Waals surface area contributed by atoms with Gasteiger partial charge in [-0.05, 0) is 37.6 Å². The summed E-state index contributed by atoms with van der Waals surface area (Å²) in [5.74, 6) is 0.841. The summed E-state index contributed by atoms with van der Waals surface area (Å²) in [5.41, 5.74) is 9.74. The van der Waals surface area contributed by atoms with Crippen molar-refractivity contribution >= 4 is 17.4 Å². The third-order valence-electron chi connectivity index (χ3n) is 2.28. The number of rotatable bonds is 3. The van der Waals surface area contributed by atoms with Gasteiger partial charge < -0.3 is 5.73 Å². The molecule has 0 amide bonds. The molecule has 2 N–H and O–H groups in total.